The van der Waals surface area contributed by atoms with Crippen LogP contribution in [0.3, 0.4) is 0 Å². The van der Waals surface area contributed by atoms with Gasteiger partial charge in [0.1, 0.15) is 16.0 Å². The van der Waals surface area contributed by atoms with E-state index in [4.69, 9.17) is 14.2 Å². The largest absolute Gasteiger partial charge is 0.496 e. The summed E-state index contributed by atoms with van der Waals surface area (Å²) in [6.45, 7) is 1.75. The summed E-state index contributed by atoms with van der Waals surface area (Å²) in [6, 6.07) is 3.40. The zero-order valence-corrected chi connectivity index (χ0v) is 13.7. The third kappa shape index (κ3) is 2.87. The monoisotopic (exact) mass is 354 g/mol. The maximum absolute atomic E-state index is 11.9. The molecule has 0 saturated carbocycles. The third-order valence-electron chi connectivity index (χ3n) is 2.99. The number of ether oxygens (including phenoxy) is 3. The smallest absolute Gasteiger partial charge is 0.265 e. The first-order chi connectivity index (χ1) is 10.0. The molecular weight excluding hydrogens is 340 g/mol. The van der Waals surface area contributed by atoms with Crippen LogP contribution in [-0.2, 0) is 0 Å². The van der Waals surface area contributed by atoms with Gasteiger partial charge in [-0.15, -0.1) is 0 Å². The molecule has 0 aliphatic rings. The fourth-order valence-corrected chi connectivity index (χ4v) is 2.10. The van der Waals surface area contributed by atoms with Crippen molar-refractivity contribution in [3.05, 3.63) is 32.7 Å². The van der Waals surface area contributed by atoms with Crippen molar-refractivity contribution >= 4 is 15.9 Å². The van der Waals surface area contributed by atoms with Crippen molar-refractivity contribution in [2.24, 2.45) is 0 Å². The SMILES string of the molecule is COc1cc(OC)c(-c2nc(C)c(Br)c(=O)[nH]2)cc1OC. The predicted molar refractivity (Wildman–Crippen MR) is 82.4 cm³/mol. The third-order valence-corrected chi connectivity index (χ3v) is 3.92. The van der Waals surface area contributed by atoms with E-state index >= 15 is 0 Å². The Morgan fingerprint density at radius 3 is 2.14 bits per heavy atom. The van der Waals surface area contributed by atoms with Crippen LogP contribution in [0.25, 0.3) is 11.4 Å². The van der Waals surface area contributed by atoms with Crippen LogP contribution in [0.5, 0.6) is 17.2 Å². The number of aromatic nitrogens is 2. The summed E-state index contributed by atoms with van der Waals surface area (Å²) in [5, 5.41) is 0. The molecule has 1 aromatic carbocycles. The topological polar surface area (TPSA) is 73.4 Å². The Kier molecular flexibility index (Phi) is 4.52. The molecule has 0 aliphatic carbocycles. The Bertz CT molecular complexity index is 728. The van der Waals surface area contributed by atoms with Crippen molar-refractivity contribution in [3.8, 4) is 28.6 Å². The Morgan fingerprint density at radius 2 is 1.62 bits per heavy atom. The molecule has 7 heteroatoms. The average molecular weight is 355 g/mol. The second-order valence-electron chi connectivity index (χ2n) is 4.22. The highest BCUT2D eigenvalue weighted by molar-refractivity contribution is 9.10. The average Bonchev–Trinajstić information content (AvgIpc) is 2.50. The molecule has 1 aromatic heterocycles. The predicted octanol–water partition coefficient (Wildman–Crippen LogP) is 2.53. The van der Waals surface area contributed by atoms with Crippen molar-refractivity contribution in [2.45, 2.75) is 6.92 Å². The van der Waals surface area contributed by atoms with Gasteiger partial charge in [0, 0.05) is 6.07 Å². The van der Waals surface area contributed by atoms with Crippen molar-refractivity contribution in [1.29, 1.82) is 0 Å². The Labute approximate surface area is 130 Å². The quantitative estimate of drug-likeness (QED) is 0.913. The molecular formula is C14H15BrN2O4. The zero-order valence-electron chi connectivity index (χ0n) is 12.1. The van der Waals surface area contributed by atoms with Crippen LogP contribution in [0.1, 0.15) is 5.69 Å². The van der Waals surface area contributed by atoms with Crippen LogP contribution >= 0.6 is 15.9 Å². The van der Waals surface area contributed by atoms with Gasteiger partial charge in [0.25, 0.3) is 5.56 Å². The number of nitrogens with zero attached hydrogens (tertiary/aromatic N) is 1. The number of H-pyrrole nitrogens is 1. The first-order valence-corrected chi connectivity index (χ1v) is 6.88. The van der Waals surface area contributed by atoms with E-state index in [2.05, 4.69) is 25.9 Å². The number of methoxy groups -OCH3 is 3. The first kappa shape index (κ1) is 15.4. The molecule has 112 valence electrons. The van der Waals surface area contributed by atoms with Gasteiger partial charge in [-0.1, -0.05) is 0 Å². The molecule has 0 aliphatic heterocycles. The van der Waals surface area contributed by atoms with Crippen LogP contribution in [-0.4, -0.2) is 31.3 Å². The molecule has 1 heterocycles. The number of halogens is 1. The minimum Gasteiger partial charge on any atom is -0.496 e. The molecule has 2 rings (SSSR count). The van der Waals surface area contributed by atoms with E-state index in [-0.39, 0.29) is 5.56 Å². The van der Waals surface area contributed by atoms with Crippen molar-refractivity contribution in [1.82, 2.24) is 9.97 Å². The lowest BCUT2D eigenvalue weighted by Gasteiger charge is -2.14. The Morgan fingerprint density at radius 1 is 1.05 bits per heavy atom. The summed E-state index contributed by atoms with van der Waals surface area (Å²) in [6.07, 6.45) is 0. The highest BCUT2D eigenvalue weighted by atomic mass is 79.9. The van der Waals surface area contributed by atoms with Crippen LogP contribution in [0.15, 0.2) is 21.4 Å². The zero-order chi connectivity index (χ0) is 15.6. The number of hydrogen-bond donors (Lipinski definition) is 1. The van der Waals surface area contributed by atoms with E-state index in [9.17, 15) is 4.79 Å². The summed E-state index contributed by atoms with van der Waals surface area (Å²) < 4.78 is 16.3. The lowest BCUT2D eigenvalue weighted by Crippen LogP contribution is -2.12. The molecule has 6 nitrogen and oxygen atoms in total. The molecule has 21 heavy (non-hydrogen) atoms. The van der Waals surface area contributed by atoms with Crippen molar-refractivity contribution in [2.75, 3.05) is 21.3 Å². The summed E-state index contributed by atoms with van der Waals surface area (Å²) >= 11 is 3.19. The van der Waals surface area contributed by atoms with Crippen LogP contribution in [0.2, 0.25) is 0 Å². The van der Waals surface area contributed by atoms with Gasteiger partial charge in [-0.3, -0.25) is 4.79 Å². The van der Waals surface area contributed by atoms with Crippen LogP contribution < -0.4 is 19.8 Å². The molecule has 0 amide bonds. The minimum absolute atomic E-state index is 0.255. The van der Waals surface area contributed by atoms with Crippen LogP contribution in [0, 0.1) is 6.92 Å². The number of aromatic amines is 1. The summed E-state index contributed by atoms with van der Waals surface area (Å²) in [7, 11) is 4.62. The van der Waals surface area contributed by atoms with Gasteiger partial charge < -0.3 is 19.2 Å². The van der Waals surface area contributed by atoms with Crippen molar-refractivity contribution in [3.63, 3.8) is 0 Å². The first-order valence-electron chi connectivity index (χ1n) is 6.08. The summed E-state index contributed by atoms with van der Waals surface area (Å²) in [5.41, 5.74) is 0.947. The lowest BCUT2D eigenvalue weighted by atomic mass is 10.1. The Balaban J connectivity index is 2.70. The number of hydrogen-bond acceptors (Lipinski definition) is 5. The highest BCUT2D eigenvalue weighted by Crippen LogP contribution is 2.38. The Hall–Kier alpha value is -2.02. The molecule has 0 radical (unpaired) electrons. The standard InChI is InChI=1S/C14H15BrN2O4/c1-7-12(15)14(18)17-13(16-7)8-5-10(20-3)11(21-4)6-9(8)19-2/h5-6H,1-4H3,(H,16,17,18). The molecule has 0 fully saturated rings. The van der Waals surface area contributed by atoms with Crippen LogP contribution in [0.4, 0.5) is 0 Å². The normalized spacial score (nSPS) is 10.3. The summed E-state index contributed by atoms with van der Waals surface area (Å²) in [4.78, 5) is 18.9. The fraction of sp³-hybridized carbons (Fsp3) is 0.286. The second kappa shape index (κ2) is 6.17. The van der Waals surface area contributed by atoms with Crippen molar-refractivity contribution < 1.29 is 14.2 Å². The fourth-order valence-electron chi connectivity index (χ4n) is 1.91. The van der Waals surface area contributed by atoms with Gasteiger partial charge >= 0.3 is 0 Å². The van der Waals surface area contributed by atoms with E-state index in [0.717, 1.165) is 0 Å². The number of aryl methyl sites for hydroxylation is 1. The minimum atomic E-state index is -0.255. The molecule has 1 N–H and O–H groups in total. The number of nitrogens with one attached hydrogen (secondary N) is 1. The molecule has 0 spiro atoms. The van der Waals surface area contributed by atoms with Gasteiger partial charge in [-0.25, -0.2) is 4.98 Å². The van der Waals surface area contributed by atoms with Gasteiger partial charge in [0.2, 0.25) is 0 Å². The van der Waals surface area contributed by atoms with Gasteiger partial charge in [-0.05, 0) is 28.9 Å². The maximum atomic E-state index is 11.9. The maximum Gasteiger partial charge on any atom is 0.265 e. The van der Waals surface area contributed by atoms with Gasteiger partial charge in [0.15, 0.2) is 11.5 Å². The van der Waals surface area contributed by atoms with Gasteiger partial charge in [-0.2, -0.15) is 0 Å². The molecule has 0 saturated heterocycles. The van der Waals surface area contributed by atoms with Gasteiger partial charge in [0.05, 0.1) is 32.6 Å². The van der Waals surface area contributed by atoms with E-state index in [1.54, 1.807) is 26.2 Å². The van der Waals surface area contributed by atoms with E-state index < -0.39 is 0 Å². The molecule has 0 bridgehead atoms. The molecule has 2 aromatic rings. The number of benzene rings is 1. The van der Waals surface area contributed by atoms with E-state index in [1.807, 2.05) is 0 Å². The number of rotatable bonds is 4. The van der Waals surface area contributed by atoms with E-state index in [0.29, 0.717) is 38.8 Å². The van der Waals surface area contributed by atoms with E-state index in [1.165, 1.54) is 14.2 Å². The summed E-state index contributed by atoms with van der Waals surface area (Å²) in [5.74, 6) is 1.99. The molecule has 0 unspecified atom stereocenters. The highest BCUT2D eigenvalue weighted by Gasteiger charge is 2.16. The second-order valence-corrected chi connectivity index (χ2v) is 5.01. The lowest BCUT2D eigenvalue weighted by molar-refractivity contribution is 0.349. The molecule has 0 atom stereocenters.